The molecule has 0 saturated carbocycles. The number of rotatable bonds is 2. The van der Waals surface area contributed by atoms with E-state index in [2.05, 4.69) is 9.47 Å². The fraction of sp³-hybridized carbons (Fsp3) is 0. The number of cyclic esters (lactones) is 4. The SMILES string of the molecule is O=C1OC(=O)c2cc(Oc3cc4c(cc3F)C(=O)OC4=O)ccc21. The third-order valence-electron chi connectivity index (χ3n) is 3.54. The molecule has 2 heterocycles. The molecule has 2 aromatic rings. The lowest BCUT2D eigenvalue weighted by molar-refractivity contribution is 0.0425. The number of hydrogen-bond donors (Lipinski definition) is 0. The molecular formula is C16H5FO7. The number of carbonyl (C=O) groups excluding carboxylic acids is 4. The van der Waals surface area contributed by atoms with Crippen molar-refractivity contribution in [1.29, 1.82) is 0 Å². The van der Waals surface area contributed by atoms with Crippen LogP contribution in [0.15, 0.2) is 30.3 Å². The van der Waals surface area contributed by atoms with Gasteiger partial charge in [0.15, 0.2) is 11.6 Å². The molecule has 7 nitrogen and oxygen atoms in total. The van der Waals surface area contributed by atoms with Crippen molar-refractivity contribution in [1.82, 2.24) is 0 Å². The highest BCUT2D eigenvalue weighted by Gasteiger charge is 2.33. The summed E-state index contributed by atoms with van der Waals surface area (Å²) < 4.78 is 28.2. The van der Waals surface area contributed by atoms with Crippen LogP contribution in [0.1, 0.15) is 41.4 Å². The fourth-order valence-corrected chi connectivity index (χ4v) is 2.42. The second-order valence-corrected chi connectivity index (χ2v) is 4.99. The van der Waals surface area contributed by atoms with E-state index in [4.69, 9.17) is 4.74 Å². The van der Waals surface area contributed by atoms with E-state index in [0.29, 0.717) is 0 Å². The standard InChI is InChI=1S/C16H5FO7/c17-11-4-9-10(16(21)24-15(9)20)5-12(11)22-6-1-2-7-8(3-6)14(19)23-13(7)18/h1-5H. The van der Waals surface area contributed by atoms with Gasteiger partial charge in [-0.05, 0) is 30.3 Å². The van der Waals surface area contributed by atoms with Gasteiger partial charge >= 0.3 is 23.9 Å². The zero-order valence-electron chi connectivity index (χ0n) is 11.6. The summed E-state index contributed by atoms with van der Waals surface area (Å²) in [6.45, 7) is 0. The maximum absolute atomic E-state index is 14.1. The van der Waals surface area contributed by atoms with Crippen LogP contribution in [0.4, 0.5) is 4.39 Å². The molecule has 0 bridgehead atoms. The summed E-state index contributed by atoms with van der Waals surface area (Å²) in [5.41, 5.74) is -0.232. The first-order valence-electron chi connectivity index (χ1n) is 6.62. The Morgan fingerprint density at radius 2 is 1.25 bits per heavy atom. The number of esters is 4. The molecule has 118 valence electrons. The maximum Gasteiger partial charge on any atom is 0.347 e. The van der Waals surface area contributed by atoms with E-state index in [9.17, 15) is 23.6 Å². The first-order chi connectivity index (χ1) is 11.4. The highest BCUT2D eigenvalue weighted by atomic mass is 19.1. The molecule has 0 spiro atoms. The summed E-state index contributed by atoms with van der Waals surface area (Å²) in [6.07, 6.45) is 0. The summed E-state index contributed by atoms with van der Waals surface area (Å²) >= 11 is 0. The van der Waals surface area contributed by atoms with Crippen molar-refractivity contribution in [2.24, 2.45) is 0 Å². The van der Waals surface area contributed by atoms with E-state index in [1.54, 1.807) is 0 Å². The van der Waals surface area contributed by atoms with E-state index in [-0.39, 0.29) is 33.8 Å². The van der Waals surface area contributed by atoms with Gasteiger partial charge in [0.25, 0.3) is 0 Å². The molecule has 24 heavy (non-hydrogen) atoms. The zero-order valence-corrected chi connectivity index (χ0v) is 11.6. The van der Waals surface area contributed by atoms with Crippen molar-refractivity contribution in [2.45, 2.75) is 0 Å². The number of benzene rings is 2. The second-order valence-electron chi connectivity index (χ2n) is 4.99. The van der Waals surface area contributed by atoms with Gasteiger partial charge in [0.05, 0.1) is 22.3 Å². The van der Waals surface area contributed by atoms with Crippen molar-refractivity contribution in [3.05, 3.63) is 58.4 Å². The van der Waals surface area contributed by atoms with Gasteiger partial charge in [0.2, 0.25) is 0 Å². The minimum atomic E-state index is -0.931. The molecular weight excluding hydrogens is 323 g/mol. The molecule has 0 aliphatic carbocycles. The highest BCUT2D eigenvalue weighted by Crippen LogP contribution is 2.32. The van der Waals surface area contributed by atoms with Gasteiger partial charge in [-0.15, -0.1) is 0 Å². The largest absolute Gasteiger partial charge is 0.454 e. The van der Waals surface area contributed by atoms with E-state index in [1.165, 1.54) is 18.2 Å². The normalized spacial score (nSPS) is 15.0. The Bertz CT molecular complexity index is 977. The Hall–Kier alpha value is -3.55. The molecule has 0 unspecified atom stereocenters. The number of fused-ring (bicyclic) bond motifs is 2. The molecule has 0 amide bonds. The van der Waals surface area contributed by atoms with Crippen LogP contribution in [0.2, 0.25) is 0 Å². The Morgan fingerprint density at radius 3 is 1.92 bits per heavy atom. The van der Waals surface area contributed by atoms with Crippen molar-refractivity contribution in [2.75, 3.05) is 0 Å². The lowest BCUT2D eigenvalue weighted by Crippen LogP contribution is -1.98. The van der Waals surface area contributed by atoms with Gasteiger partial charge in [0.1, 0.15) is 5.75 Å². The number of halogens is 1. The zero-order chi connectivity index (χ0) is 17.0. The Labute approximate surface area is 132 Å². The molecule has 0 radical (unpaired) electrons. The third-order valence-corrected chi connectivity index (χ3v) is 3.54. The van der Waals surface area contributed by atoms with E-state index < -0.39 is 29.7 Å². The first-order valence-corrected chi connectivity index (χ1v) is 6.62. The monoisotopic (exact) mass is 328 g/mol. The predicted molar refractivity (Wildman–Crippen MR) is 72.4 cm³/mol. The van der Waals surface area contributed by atoms with Crippen LogP contribution in [-0.2, 0) is 9.47 Å². The second kappa shape index (κ2) is 4.72. The number of hydrogen-bond acceptors (Lipinski definition) is 7. The van der Waals surface area contributed by atoms with Crippen LogP contribution >= 0.6 is 0 Å². The minimum absolute atomic E-state index is 0.00587. The maximum atomic E-state index is 14.1. The summed E-state index contributed by atoms with van der Waals surface area (Å²) in [7, 11) is 0. The van der Waals surface area contributed by atoms with Crippen LogP contribution in [-0.4, -0.2) is 23.9 Å². The highest BCUT2D eigenvalue weighted by molar-refractivity contribution is 6.15. The number of carbonyl (C=O) groups is 4. The molecule has 0 aromatic heterocycles. The molecule has 4 rings (SSSR count). The van der Waals surface area contributed by atoms with Crippen LogP contribution in [0, 0.1) is 5.82 Å². The molecule has 2 aromatic carbocycles. The van der Waals surface area contributed by atoms with Crippen LogP contribution in [0.3, 0.4) is 0 Å². The molecule has 2 aliphatic heterocycles. The predicted octanol–water partition coefficient (Wildman–Crippen LogP) is 2.24. The Morgan fingerprint density at radius 1 is 0.708 bits per heavy atom. The summed E-state index contributed by atoms with van der Waals surface area (Å²) in [6, 6.07) is 5.74. The van der Waals surface area contributed by atoms with Crippen LogP contribution < -0.4 is 4.74 Å². The van der Waals surface area contributed by atoms with Gasteiger partial charge in [-0.25, -0.2) is 23.6 Å². The summed E-state index contributed by atoms with van der Waals surface area (Å²) in [5, 5.41) is 0. The Kier molecular flexibility index (Phi) is 2.77. The van der Waals surface area contributed by atoms with Gasteiger partial charge in [-0.3, -0.25) is 0 Å². The van der Waals surface area contributed by atoms with Crippen molar-refractivity contribution in [3.63, 3.8) is 0 Å². The van der Waals surface area contributed by atoms with E-state index in [0.717, 1.165) is 12.1 Å². The third kappa shape index (κ3) is 1.97. The lowest BCUT2D eigenvalue weighted by atomic mass is 10.1. The lowest BCUT2D eigenvalue weighted by Gasteiger charge is -2.08. The molecule has 2 aliphatic rings. The van der Waals surface area contributed by atoms with Gasteiger partial charge in [-0.1, -0.05) is 0 Å². The average Bonchev–Trinajstić information content (AvgIpc) is 2.97. The molecule has 0 N–H and O–H groups in total. The van der Waals surface area contributed by atoms with E-state index in [1.807, 2.05) is 0 Å². The van der Waals surface area contributed by atoms with Crippen molar-refractivity contribution < 1.29 is 37.8 Å². The summed E-state index contributed by atoms with van der Waals surface area (Å²) in [5.74, 6) is -4.60. The van der Waals surface area contributed by atoms with Crippen LogP contribution in [0.5, 0.6) is 11.5 Å². The quantitative estimate of drug-likeness (QED) is 0.616. The molecule has 0 saturated heterocycles. The van der Waals surface area contributed by atoms with Crippen LogP contribution in [0.25, 0.3) is 0 Å². The fourth-order valence-electron chi connectivity index (χ4n) is 2.42. The topological polar surface area (TPSA) is 96.0 Å². The summed E-state index contributed by atoms with van der Waals surface area (Å²) in [4.78, 5) is 45.7. The molecule has 0 fully saturated rings. The number of ether oxygens (including phenoxy) is 3. The molecule has 8 heteroatoms. The van der Waals surface area contributed by atoms with Crippen molar-refractivity contribution in [3.8, 4) is 11.5 Å². The smallest absolute Gasteiger partial charge is 0.347 e. The van der Waals surface area contributed by atoms with Crippen molar-refractivity contribution >= 4 is 23.9 Å². The van der Waals surface area contributed by atoms with Gasteiger partial charge in [-0.2, -0.15) is 0 Å². The van der Waals surface area contributed by atoms with Gasteiger partial charge in [0, 0.05) is 0 Å². The average molecular weight is 328 g/mol. The first kappa shape index (κ1) is 14.1. The van der Waals surface area contributed by atoms with E-state index >= 15 is 0 Å². The minimum Gasteiger partial charge on any atom is -0.454 e. The van der Waals surface area contributed by atoms with Gasteiger partial charge < -0.3 is 14.2 Å². The Balaban J connectivity index is 1.72. The molecule has 0 atom stereocenters.